The van der Waals surface area contributed by atoms with Crippen molar-refractivity contribution < 1.29 is 9.59 Å². The zero-order valence-corrected chi connectivity index (χ0v) is 12.6. The molecular weight excluding hydrogens is 252 g/mol. The zero-order chi connectivity index (χ0) is 14.8. The lowest BCUT2D eigenvalue weighted by atomic mass is 10.0. The molecule has 1 unspecified atom stereocenters. The van der Waals surface area contributed by atoms with Crippen molar-refractivity contribution in [2.75, 3.05) is 13.1 Å². The average molecular weight is 280 g/mol. The minimum atomic E-state index is -0.843. The maximum absolute atomic E-state index is 11.1. The van der Waals surface area contributed by atoms with Crippen LogP contribution >= 0.6 is 0 Å². The number of primary amides is 1. The number of carbonyl (C=O) groups is 2. The maximum atomic E-state index is 11.1. The number of nitrogens with zero attached hydrogens (tertiary/aromatic N) is 1. The van der Waals surface area contributed by atoms with Gasteiger partial charge in [-0.3, -0.25) is 9.59 Å². The highest BCUT2D eigenvalue weighted by molar-refractivity contribution is 6.34. The van der Waals surface area contributed by atoms with Crippen LogP contribution in [0.3, 0.4) is 0 Å². The summed E-state index contributed by atoms with van der Waals surface area (Å²) >= 11 is 0. The molecule has 0 aromatic heterocycles. The topological polar surface area (TPSA) is 63.4 Å². The first kappa shape index (κ1) is 16.7. The van der Waals surface area contributed by atoms with Gasteiger partial charge >= 0.3 is 11.8 Å². The van der Waals surface area contributed by atoms with Crippen molar-refractivity contribution in [1.29, 1.82) is 0 Å². The molecule has 1 fully saturated rings. The first-order valence-corrected chi connectivity index (χ1v) is 7.85. The summed E-state index contributed by atoms with van der Waals surface area (Å²) in [4.78, 5) is 23.2. The minimum absolute atomic E-state index is 0.488. The van der Waals surface area contributed by atoms with Gasteiger partial charge in [0.05, 0.1) is 0 Å². The van der Waals surface area contributed by atoms with Crippen LogP contribution in [0.4, 0.5) is 0 Å². The first-order valence-electron chi connectivity index (χ1n) is 7.85. The van der Waals surface area contributed by atoms with Crippen LogP contribution in [0.1, 0.15) is 58.3 Å². The average Bonchev–Trinajstić information content (AvgIpc) is 2.37. The van der Waals surface area contributed by atoms with Gasteiger partial charge in [-0.2, -0.15) is 0 Å². The Labute approximate surface area is 122 Å². The van der Waals surface area contributed by atoms with Gasteiger partial charge < -0.3 is 10.6 Å². The number of hydrogen-bond acceptors (Lipinski definition) is 2. The highest BCUT2D eigenvalue weighted by Crippen LogP contribution is 2.15. The second-order valence-electron chi connectivity index (χ2n) is 5.83. The summed E-state index contributed by atoms with van der Waals surface area (Å²) in [5, 5.41) is 0. The van der Waals surface area contributed by atoms with Gasteiger partial charge in [-0.1, -0.05) is 31.9 Å². The van der Waals surface area contributed by atoms with E-state index in [1.54, 1.807) is 0 Å². The highest BCUT2D eigenvalue weighted by Gasteiger charge is 2.23. The van der Waals surface area contributed by atoms with Crippen molar-refractivity contribution in [3.05, 3.63) is 12.2 Å². The fourth-order valence-electron chi connectivity index (χ4n) is 2.64. The molecule has 2 N–H and O–H groups in total. The molecule has 1 heterocycles. The van der Waals surface area contributed by atoms with E-state index in [1.165, 1.54) is 43.4 Å². The molecule has 114 valence electrons. The fraction of sp³-hybridized carbons (Fsp3) is 0.750. The number of likely N-dealkylation sites (tertiary alicyclic amines) is 1. The summed E-state index contributed by atoms with van der Waals surface area (Å²) in [6, 6.07) is 0. The summed E-state index contributed by atoms with van der Waals surface area (Å²) in [6.45, 7) is 3.41. The van der Waals surface area contributed by atoms with Crippen LogP contribution in [-0.2, 0) is 9.59 Å². The van der Waals surface area contributed by atoms with Crippen molar-refractivity contribution in [3.8, 4) is 0 Å². The lowest BCUT2D eigenvalue weighted by Gasteiger charge is -2.29. The van der Waals surface area contributed by atoms with Crippen LogP contribution < -0.4 is 5.73 Å². The zero-order valence-electron chi connectivity index (χ0n) is 12.6. The normalized spacial score (nSPS) is 24.6. The monoisotopic (exact) mass is 280 g/mol. The lowest BCUT2D eigenvalue weighted by molar-refractivity contribution is -0.145. The molecule has 2 rings (SSSR count). The number of piperidine rings is 1. The van der Waals surface area contributed by atoms with Crippen LogP contribution in [0.5, 0.6) is 0 Å². The van der Waals surface area contributed by atoms with E-state index in [1.807, 2.05) is 0 Å². The Morgan fingerprint density at radius 2 is 1.65 bits per heavy atom. The third kappa shape index (κ3) is 6.73. The Bertz CT molecular complexity index is 329. The Kier molecular flexibility index (Phi) is 8.00. The van der Waals surface area contributed by atoms with E-state index in [0.717, 1.165) is 12.8 Å². The molecule has 1 aliphatic heterocycles. The highest BCUT2D eigenvalue weighted by atomic mass is 16.2. The van der Waals surface area contributed by atoms with Crippen molar-refractivity contribution >= 4 is 11.8 Å². The predicted octanol–water partition coefficient (Wildman–Crippen LogP) is 2.63. The molecule has 1 aliphatic carbocycles. The number of carbonyl (C=O) groups excluding carboxylic acids is 2. The van der Waals surface area contributed by atoms with Gasteiger partial charge in [0, 0.05) is 13.1 Å². The largest absolute Gasteiger partial charge is 0.361 e. The predicted molar refractivity (Wildman–Crippen MR) is 81.0 cm³/mol. The molecule has 2 amide bonds. The lowest BCUT2D eigenvalue weighted by Crippen LogP contribution is -2.45. The number of rotatable bonds is 0. The van der Waals surface area contributed by atoms with Crippen LogP contribution in [0.2, 0.25) is 0 Å². The molecule has 2 aliphatic rings. The number of amides is 2. The van der Waals surface area contributed by atoms with Gasteiger partial charge in [0.15, 0.2) is 0 Å². The van der Waals surface area contributed by atoms with Gasteiger partial charge in [0.25, 0.3) is 0 Å². The van der Waals surface area contributed by atoms with Gasteiger partial charge in [-0.15, -0.1) is 0 Å². The SMILES string of the molecule is C1=C\CCCCCC/1.CC1CCCN(C(=O)C(N)=O)C1. The van der Waals surface area contributed by atoms with Crippen LogP contribution in [0, 0.1) is 5.92 Å². The molecular formula is C16H28N2O2. The van der Waals surface area contributed by atoms with Crippen LogP contribution in [0.15, 0.2) is 12.2 Å². The van der Waals surface area contributed by atoms with Crippen LogP contribution in [0.25, 0.3) is 0 Å². The van der Waals surface area contributed by atoms with Gasteiger partial charge in [0.1, 0.15) is 0 Å². The van der Waals surface area contributed by atoms with E-state index < -0.39 is 11.8 Å². The molecule has 0 saturated carbocycles. The Morgan fingerprint density at radius 1 is 1.05 bits per heavy atom. The maximum Gasteiger partial charge on any atom is 0.311 e. The second kappa shape index (κ2) is 9.56. The third-order valence-corrected chi connectivity index (χ3v) is 3.81. The van der Waals surface area contributed by atoms with E-state index in [9.17, 15) is 9.59 Å². The third-order valence-electron chi connectivity index (χ3n) is 3.81. The summed E-state index contributed by atoms with van der Waals surface area (Å²) in [5.74, 6) is -0.896. The molecule has 1 atom stereocenters. The summed E-state index contributed by atoms with van der Waals surface area (Å²) in [6.07, 6.45) is 15.1. The number of allylic oxidation sites excluding steroid dienone is 2. The van der Waals surface area contributed by atoms with E-state index in [-0.39, 0.29) is 0 Å². The van der Waals surface area contributed by atoms with E-state index in [0.29, 0.717) is 19.0 Å². The van der Waals surface area contributed by atoms with Crippen molar-refractivity contribution in [1.82, 2.24) is 4.90 Å². The quantitative estimate of drug-likeness (QED) is 0.547. The fourth-order valence-corrected chi connectivity index (χ4v) is 2.64. The van der Waals surface area contributed by atoms with Crippen molar-refractivity contribution in [3.63, 3.8) is 0 Å². The molecule has 20 heavy (non-hydrogen) atoms. The van der Waals surface area contributed by atoms with E-state index in [4.69, 9.17) is 5.73 Å². The summed E-state index contributed by atoms with van der Waals surface area (Å²) in [5.41, 5.74) is 4.88. The van der Waals surface area contributed by atoms with Gasteiger partial charge in [-0.05, 0) is 44.4 Å². The standard InChI is InChI=1S/C8H14N2O2.C8H14/c1-6-3-2-4-10(5-6)8(12)7(9)11;1-2-4-6-8-7-5-3-1/h6H,2-5H2,1H3,(H2,9,11);1-2H,3-8H2/b;2-1-. The Balaban J connectivity index is 0.000000217. The molecule has 0 aromatic carbocycles. The second-order valence-corrected chi connectivity index (χ2v) is 5.83. The number of nitrogens with two attached hydrogens (primary N) is 1. The Morgan fingerprint density at radius 3 is 2.15 bits per heavy atom. The molecule has 0 aromatic rings. The molecule has 0 spiro atoms. The van der Waals surface area contributed by atoms with E-state index >= 15 is 0 Å². The molecule has 1 saturated heterocycles. The first-order chi connectivity index (χ1) is 9.61. The summed E-state index contributed by atoms with van der Waals surface area (Å²) < 4.78 is 0. The number of hydrogen-bond donors (Lipinski definition) is 1. The molecule has 4 heteroatoms. The minimum Gasteiger partial charge on any atom is -0.361 e. The van der Waals surface area contributed by atoms with Gasteiger partial charge in [-0.25, -0.2) is 0 Å². The van der Waals surface area contributed by atoms with Crippen molar-refractivity contribution in [2.45, 2.75) is 58.3 Å². The Hall–Kier alpha value is -1.32. The van der Waals surface area contributed by atoms with Gasteiger partial charge in [0.2, 0.25) is 0 Å². The van der Waals surface area contributed by atoms with E-state index in [2.05, 4.69) is 19.1 Å². The molecule has 0 bridgehead atoms. The van der Waals surface area contributed by atoms with Crippen LogP contribution in [-0.4, -0.2) is 29.8 Å². The van der Waals surface area contributed by atoms with Crippen molar-refractivity contribution in [2.24, 2.45) is 11.7 Å². The smallest absolute Gasteiger partial charge is 0.311 e. The molecule has 0 radical (unpaired) electrons. The molecule has 4 nitrogen and oxygen atoms in total. The summed E-state index contributed by atoms with van der Waals surface area (Å²) in [7, 11) is 0.